The van der Waals surface area contributed by atoms with Crippen molar-refractivity contribution in [1.29, 1.82) is 0 Å². The van der Waals surface area contributed by atoms with Gasteiger partial charge in [-0.2, -0.15) is 0 Å². The first-order chi connectivity index (χ1) is 10.9. The summed E-state index contributed by atoms with van der Waals surface area (Å²) < 4.78 is 29.6. The third-order valence-electron chi connectivity index (χ3n) is 3.65. The molecule has 0 spiro atoms. The Morgan fingerprint density at radius 3 is 2.61 bits per heavy atom. The quantitative estimate of drug-likeness (QED) is 0.856. The Kier molecular flexibility index (Phi) is 3.69. The average Bonchev–Trinajstić information content (AvgIpc) is 2.52. The van der Waals surface area contributed by atoms with Gasteiger partial charge in [0.15, 0.2) is 27.1 Å². The highest BCUT2D eigenvalue weighted by Crippen LogP contribution is 2.31. The lowest BCUT2D eigenvalue weighted by Crippen LogP contribution is -2.24. The number of Topliss-reactive ketones (excluding diaryl/α,β-unsaturated/α-hetero) is 1. The largest absolute Gasteiger partial charge is 0.504 e. The Balaban J connectivity index is 2.08. The zero-order valence-electron chi connectivity index (χ0n) is 12.3. The first kappa shape index (κ1) is 15.3. The van der Waals surface area contributed by atoms with Crippen molar-refractivity contribution < 1.29 is 23.1 Å². The molecular weight excluding hydrogens is 316 g/mol. The minimum atomic E-state index is -3.54. The molecule has 0 atom stereocenters. The third-order valence-corrected chi connectivity index (χ3v) is 5.36. The van der Waals surface area contributed by atoms with Crippen molar-refractivity contribution in [3.63, 3.8) is 0 Å². The number of ketones is 1. The molecule has 0 fully saturated rings. The highest BCUT2D eigenvalue weighted by molar-refractivity contribution is 7.91. The maximum absolute atomic E-state index is 12.5. The zero-order chi connectivity index (χ0) is 16.6. The Bertz CT molecular complexity index is 926. The molecule has 0 unspecified atom stereocenters. The van der Waals surface area contributed by atoms with Gasteiger partial charge >= 0.3 is 0 Å². The van der Waals surface area contributed by atoms with E-state index in [9.17, 15) is 18.3 Å². The van der Waals surface area contributed by atoms with Crippen LogP contribution in [0.4, 0.5) is 0 Å². The van der Waals surface area contributed by atoms with Crippen molar-refractivity contribution in [2.24, 2.45) is 0 Å². The van der Waals surface area contributed by atoms with E-state index in [0.717, 1.165) is 0 Å². The molecule has 0 saturated carbocycles. The molecule has 3 rings (SSSR count). The minimum Gasteiger partial charge on any atom is -0.504 e. The lowest BCUT2D eigenvalue weighted by Gasteiger charge is -2.17. The molecule has 0 saturated heterocycles. The van der Waals surface area contributed by atoms with E-state index in [1.54, 1.807) is 24.3 Å². The Morgan fingerprint density at radius 2 is 1.91 bits per heavy atom. The number of methoxy groups -OCH3 is 1. The number of hydrogen-bond donors (Lipinski definition) is 1. The van der Waals surface area contributed by atoms with Gasteiger partial charge in [-0.25, -0.2) is 8.42 Å². The van der Waals surface area contributed by atoms with E-state index in [1.165, 1.54) is 31.4 Å². The number of fused-ring (bicyclic) bond motifs is 1. The van der Waals surface area contributed by atoms with Crippen LogP contribution in [-0.4, -0.2) is 32.2 Å². The summed E-state index contributed by atoms with van der Waals surface area (Å²) in [5.74, 6) is -0.436. The van der Waals surface area contributed by atoms with E-state index in [-0.39, 0.29) is 33.3 Å². The summed E-state index contributed by atoms with van der Waals surface area (Å²) in [5.41, 5.74) is 0.886. The molecule has 1 heterocycles. The van der Waals surface area contributed by atoms with Crippen LogP contribution in [-0.2, 0) is 9.84 Å². The summed E-state index contributed by atoms with van der Waals surface area (Å²) in [6.07, 6.45) is 1.48. The van der Waals surface area contributed by atoms with Gasteiger partial charge in [-0.1, -0.05) is 18.2 Å². The van der Waals surface area contributed by atoms with Crippen LogP contribution in [0.1, 0.15) is 15.9 Å². The van der Waals surface area contributed by atoms with Crippen LogP contribution in [0.2, 0.25) is 0 Å². The minimum absolute atomic E-state index is 0.0692. The van der Waals surface area contributed by atoms with E-state index in [4.69, 9.17) is 4.74 Å². The highest BCUT2D eigenvalue weighted by atomic mass is 32.2. The van der Waals surface area contributed by atoms with Gasteiger partial charge in [0.1, 0.15) is 0 Å². The number of rotatable bonds is 2. The third kappa shape index (κ3) is 2.73. The van der Waals surface area contributed by atoms with Gasteiger partial charge in [0.05, 0.1) is 17.8 Å². The predicted octanol–water partition coefficient (Wildman–Crippen LogP) is 2.45. The molecule has 6 heteroatoms. The van der Waals surface area contributed by atoms with Crippen LogP contribution in [0.3, 0.4) is 0 Å². The molecule has 0 amide bonds. The van der Waals surface area contributed by atoms with Crippen LogP contribution in [0, 0.1) is 0 Å². The molecule has 2 aromatic rings. The number of hydrogen-bond acceptors (Lipinski definition) is 5. The summed E-state index contributed by atoms with van der Waals surface area (Å²) in [5, 5.41) is 9.79. The number of sulfone groups is 1. The van der Waals surface area contributed by atoms with E-state index in [2.05, 4.69) is 0 Å². The molecular formula is C17H14O5S. The molecule has 0 bridgehead atoms. The molecule has 0 aliphatic carbocycles. The van der Waals surface area contributed by atoms with Gasteiger partial charge in [-0.05, 0) is 35.9 Å². The van der Waals surface area contributed by atoms with Crippen molar-refractivity contribution >= 4 is 21.7 Å². The first-order valence-electron chi connectivity index (χ1n) is 6.86. The number of aromatic hydroxyl groups is 1. The van der Waals surface area contributed by atoms with Gasteiger partial charge in [0.25, 0.3) is 0 Å². The fraction of sp³-hybridized carbons (Fsp3) is 0.118. The number of carbonyl (C=O) groups is 1. The number of phenolic OH excluding ortho intramolecular Hbond substituents is 1. The smallest absolute Gasteiger partial charge is 0.191 e. The summed E-state index contributed by atoms with van der Waals surface area (Å²) in [7, 11) is -2.11. The summed E-state index contributed by atoms with van der Waals surface area (Å²) in [6.45, 7) is 0. The van der Waals surface area contributed by atoms with Gasteiger partial charge in [-0.3, -0.25) is 4.79 Å². The topological polar surface area (TPSA) is 80.7 Å². The van der Waals surface area contributed by atoms with Gasteiger partial charge in [0.2, 0.25) is 0 Å². The second-order valence-electron chi connectivity index (χ2n) is 5.19. The van der Waals surface area contributed by atoms with Crippen molar-refractivity contribution in [3.05, 3.63) is 59.2 Å². The van der Waals surface area contributed by atoms with E-state index in [1.807, 2.05) is 0 Å². The zero-order valence-corrected chi connectivity index (χ0v) is 13.1. The lowest BCUT2D eigenvalue weighted by molar-refractivity contribution is 0.103. The number of ether oxygens (including phenoxy) is 1. The molecule has 0 radical (unpaired) electrons. The van der Waals surface area contributed by atoms with E-state index in [0.29, 0.717) is 11.3 Å². The molecule has 1 aliphatic heterocycles. The fourth-order valence-electron chi connectivity index (χ4n) is 2.55. The van der Waals surface area contributed by atoms with Crippen molar-refractivity contribution in [2.75, 3.05) is 12.9 Å². The van der Waals surface area contributed by atoms with Crippen molar-refractivity contribution in [2.45, 2.75) is 4.90 Å². The summed E-state index contributed by atoms with van der Waals surface area (Å²) in [6, 6.07) is 10.8. The highest BCUT2D eigenvalue weighted by Gasteiger charge is 2.32. The van der Waals surface area contributed by atoms with E-state index >= 15 is 0 Å². The SMILES string of the molecule is COc1ccc(/C=C2\CS(=O)(=O)c3ccccc3C2=O)cc1O. The van der Waals surface area contributed by atoms with Crippen LogP contribution < -0.4 is 4.74 Å². The molecule has 118 valence electrons. The maximum atomic E-state index is 12.5. The number of benzene rings is 2. The Hall–Kier alpha value is -2.60. The monoisotopic (exact) mass is 330 g/mol. The standard InChI is InChI=1S/C17H14O5S/c1-22-15-7-6-11(9-14(15)18)8-12-10-23(20,21)16-5-3-2-4-13(16)17(12)19/h2-9,18H,10H2,1H3/b12-8+. The summed E-state index contributed by atoms with van der Waals surface area (Å²) >= 11 is 0. The van der Waals surface area contributed by atoms with Crippen LogP contribution in [0.15, 0.2) is 52.9 Å². The van der Waals surface area contributed by atoms with Gasteiger partial charge in [-0.15, -0.1) is 0 Å². The Morgan fingerprint density at radius 1 is 1.17 bits per heavy atom. The Labute approximate surface area is 133 Å². The summed E-state index contributed by atoms with van der Waals surface area (Å²) in [4.78, 5) is 12.6. The second kappa shape index (κ2) is 5.55. The molecule has 1 aliphatic rings. The van der Waals surface area contributed by atoms with Crippen LogP contribution >= 0.6 is 0 Å². The normalized spacial score (nSPS) is 17.8. The first-order valence-corrected chi connectivity index (χ1v) is 8.51. The number of phenols is 1. The maximum Gasteiger partial charge on any atom is 0.191 e. The molecule has 1 N–H and O–H groups in total. The average molecular weight is 330 g/mol. The van der Waals surface area contributed by atoms with Crippen LogP contribution in [0.5, 0.6) is 11.5 Å². The molecule has 5 nitrogen and oxygen atoms in total. The molecule has 2 aromatic carbocycles. The van der Waals surface area contributed by atoms with E-state index < -0.39 is 9.84 Å². The number of carbonyl (C=O) groups excluding carboxylic acids is 1. The van der Waals surface area contributed by atoms with Gasteiger partial charge < -0.3 is 9.84 Å². The predicted molar refractivity (Wildman–Crippen MR) is 85.5 cm³/mol. The van der Waals surface area contributed by atoms with Crippen molar-refractivity contribution in [3.8, 4) is 11.5 Å². The molecule has 0 aromatic heterocycles. The second-order valence-corrected chi connectivity index (χ2v) is 7.14. The molecule has 23 heavy (non-hydrogen) atoms. The fourth-order valence-corrected chi connectivity index (χ4v) is 4.11. The van der Waals surface area contributed by atoms with Crippen molar-refractivity contribution in [1.82, 2.24) is 0 Å². The van der Waals surface area contributed by atoms with Crippen LogP contribution in [0.25, 0.3) is 6.08 Å². The lowest BCUT2D eigenvalue weighted by atomic mass is 10.0. The van der Waals surface area contributed by atoms with Gasteiger partial charge in [0, 0.05) is 11.1 Å².